The molecular formula is C26H28N2O5. The fourth-order valence-corrected chi connectivity index (χ4v) is 3.39. The van der Waals surface area contributed by atoms with Gasteiger partial charge in [0.15, 0.2) is 0 Å². The molecule has 3 rings (SSSR count). The van der Waals surface area contributed by atoms with E-state index in [2.05, 4.69) is 43.4 Å². The van der Waals surface area contributed by atoms with E-state index in [4.69, 9.17) is 9.47 Å². The lowest BCUT2D eigenvalue weighted by Crippen LogP contribution is -2.25. The maximum atomic E-state index is 12.9. The van der Waals surface area contributed by atoms with E-state index in [1.54, 1.807) is 13.0 Å². The average Bonchev–Trinajstić information content (AvgIpc) is 2.81. The van der Waals surface area contributed by atoms with Crippen molar-refractivity contribution in [3.8, 4) is 16.9 Å². The Morgan fingerprint density at radius 1 is 1.00 bits per heavy atom. The SMILES string of the molecule is CCOC(=O)Cn1cc(NC(=O)c2ccc(-c3ccc(C(C)C)cc3)cc2OC)ccc1=O. The largest absolute Gasteiger partial charge is 0.496 e. The fourth-order valence-electron chi connectivity index (χ4n) is 3.39. The van der Waals surface area contributed by atoms with Gasteiger partial charge >= 0.3 is 5.97 Å². The highest BCUT2D eigenvalue weighted by atomic mass is 16.5. The van der Waals surface area contributed by atoms with E-state index in [1.165, 1.54) is 35.6 Å². The van der Waals surface area contributed by atoms with Crippen LogP contribution in [0.3, 0.4) is 0 Å². The first-order chi connectivity index (χ1) is 15.8. The summed E-state index contributed by atoms with van der Waals surface area (Å²) in [5, 5.41) is 2.75. The van der Waals surface area contributed by atoms with Crippen molar-refractivity contribution in [2.75, 3.05) is 19.0 Å². The number of carbonyl (C=O) groups is 2. The zero-order valence-corrected chi connectivity index (χ0v) is 19.3. The molecule has 0 fully saturated rings. The minimum atomic E-state index is -0.526. The number of methoxy groups -OCH3 is 1. The number of benzene rings is 2. The van der Waals surface area contributed by atoms with Gasteiger partial charge in [-0.15, -0.1) is 0 Å². The Balaban J connectivity index is 1.81. The van der Waals surface area contributed by atoms with E-state index < -0.39 is 11.9 Å². The number of carbonyl (C=O) groups excluding carboxylic acids is 2. The van der Waals surface area contributed by atoms with Crippen LogP contribution in [0, 0.1) is 0 Å². The molecule has 1 heterocycles. The van der Waals surface area contributed by atoms with E-state index in [1.807, 2.05) is 12.1 Å². The third-order valence-corrected chi connectivity index (χ3v) is 5.20. The Morgan fingerprint density at radius 3 is 2.33 bits per heavy atom. The van der Waals surface area contributed by atoms with Crippen LogP contribution in [0.1, 0.15) is 42.6 Å². The van der Waals surface area contributed by atoms with Gasteiger partial charge in [0.1, 0.15) is 12.3 Å². The van der Waals surface area contributed by atoms with Crippen LogP contribution in [0.25, 0.3) is 11.1 Å². The second-order valence-corrected chi connectivity index (χ2v) is 7.83. The summed E-state index contributed by atoms with van der Waals surface area (Å²) in [7, 11) is 1.51. The van der Waals surface area contributed by atoms with Crippen molar-refractivity contribution in [1.82, 2.24) is 4.57 Å². The highest BCUT2D eigenvalue weighted by Crippen LogP contribution is 2.29. The number of esters is 1. The number of pyridine rings is 1. The van der Waals surface area contributed by atoms with Gasteiger partial charge < -0.3 is 19.4 Å². The van der Waals surface area contributed by atoms with Crippen LogP contribution in [-0.4, -0.2) is 30.2 Å². The number of ether oxygens (including phenoxy) is 2. The number of nitrogens with zero attached hydrogens (tertiary/aromatic N) is 1. The zero-order valence-electron chi connectivity index (χ0n) is 19.3. The maximum Gasteiger partial charge on any atom is 0.326 e. The van der Waals surface area contributed by atoms with E-state index >= 15 is 0 Å². The van der Waals surface area contributed by atoms with Gasteiger partial charge in [0.2, 0.25) is 0 Å². The number of nitrogens with one attached hydrogen (secondary N) is 1. The van der Waals surface area contributed by atoms with Crippen molar-refractivity contribution in [1.29, 1.82) is 0 Å². The Kier molecular flexibility index (Phi) is 7.66. The molecule has 0 spiro atoms. The number of hydrogen-bond acceptors (Lipinski definition) is 5. The van der Waals surface area contributed by atoms with E-state index in [0.29, 0.717) is 22.9 Å². The van der Waals surface area contributed by atoms with Gasteiger partial charge in [0.25, 0.3) is 11.5 Å². The normalized spacial score (nSPS) is 10.7. The van der Waals surface area contributed by atoms with E-state index in [9.17, 15) is 14.4 Å². The summed E-state index contributed by atoms with van der Waals surface area (Å²) in [4.78, 5) is 36.7. The summed E-state index contributed by atoms with van der Waals surface area (Å²) >= 11 is 0. The van der Waals surface area contributed by atoms with Gasteiger partial charge in [-0.1, -0.05) is 44.2 Å². The molecule has 0 aliphatic heterocycles. The molecule has 0 aliphatic rings. The Morgan fingerprint density at radius 2 is 1.70 bits per heavy atom. The Bertz CT molecular complexity index is 1200. The number of rotatable bonds is 8. The number of aromatic nitrogens is 1. The zero-order chi connectivity index (χ0) is 24.0. The van der Waals surface area contributed by atoms with Gasteiger partial charge in [-0.2, -0.15) is 0 Å². The number of hydrogen-bond donors (Lipinski definition) is 1. The van der Waals surface area contributed by atoms with Crippen molar-refractivity contribution >= 4 is 17.6 Å². The first kappa shape index (κ1) is 23.8. The summed E-state index contributed by atoms with van der Waals surface area (Å²) < 4.78 is 11.5. The summed E-state index contributed by atoms with van der Waals surface area (Å²) in [6, 6.07) is 16.5. The first-order valence-corrected chi connectivity index (χ1v) is 10.8. The lowest BCUT2D eigenvalue weighted by atomic mass is 9.98. The molecule has 1 amide bonds. The van der Waals surface area contributed by atoms with Crippen molar-refractivity contribution in [2.24, 2.45) is 0 Å². The molecule has 3 aromatic rings. The Hall–Kier alpha value is -3.87. The lowest BCUT2D eigenvalue weighted by molar-refractivity contribution is -0.143. The standard InChI is InChI=1S/C26H28N2O5/c1-5-33-25(30)16-28-15-21(11-13-24(28)29)27-26(31)22-12-10-20(14-23(22)32-4)19-8-6-18(7-9-19)17(2)3/h6-15,17H,5,16H2,1-4H3,(H,27,31). The lowest BCUT2D eigenvalue weighted by Gasteiger charge is -2.13. The predicted octanol–water partition coefficient (Wildman–Crippen LogP) is 4.46. The summed E-state index contributed by atoms with van der Waals surface area (Å²) in [5.74, 6) is -0.0410. The second kappa shape index (κ2) is 10.6. The van der Waals surface area contributed by atoms with Gasteiger partial charge in [-0.05, 0) is 47.7 Å². The molecule has 7 nitrogen and oxygen atoms in total. The monoisotopic (exact) mass is 448 g/mol. The van der Waals surface area contributed by atoms with Gasteiger partial charge in [0.05, 0.1) is 25.0 Å². The Labute approximate surface area is 193 Å². The molecule has 0 saturated carbocycles. The van der Waals surface area contributed by atoms with Crippen molar-refractivity contribution in [2.45, 2.75) is 33.2 Å². The summed E-state index contributed by atoms with van der Waals surface area (Å²) in [6.07, 6.45) is 1.41. The van der Waals surface area contributed by atoms with Crippen LogP contribution in [-0.2, 0) is 16.1 Å². The number of anilines is 1. The highest BCUT2D eigenvalue weighted by Gasteiger charge is 2.15. The molecule has 33 heavy (non-hydrogen) atoms. The molecule has 0 saturated heterocycles. The minimum Gasteiger partial charge on any atom is -0.496 e. The van der Waals surface area contributed by atoms with Crippen molar-refractivity contribution in [3.63, 3.8) is 0 Å². The molecule has 0 atom stereocenters. The molecule has 0 unspecified atom stereocenters. The van der Waals surface area contributed by atoms with Gasteiger partial charge in [-0.3, -0.25) is 14.4 Å². The van der Waals surface area contributed by atoms with Crippen molar-refractivity contribution in [3.05, 3.63) is 82.3 Å². The summed E-state index contributed by atoms with van der Waals surface area (Å²) in [6.45, 7) is 5.98. The summed E-state index contributed by atoms with van der Waals surface area (Å²) in [5.41, 5.74) is 3.57. The smallest absolute Gasteiger partial charge is 0.326 e. The van der Waals surface area contributed by atoms with Gasteiger partial charge in [0, 0.05) is 12.3 Å². The topological polar surface area (TPSA) is 86.6 Å². The maximum absolute atomic E-state index is 12.9. The quantitative estimate of drug-likeness (QED) is 0.514. The van der Waals surface area contributed by atoms with Crippen LogP contribution in [0.15, 0.2) is 65.6 Å². The first-order valence-electron chi connectivity index (χ1n) is 10.8. The second-order valence-electron chi connectivity index (χ2n) is 7.83. The molecule has 1 aromatic heterocycles. The molecule has 172 valence electrons. The average molecular weight is 449 g/mol. The molecule has 0 radical (unpaired) electrons. The minimum absolute atomic E-state index is 0.224. The molecule has 1 N–H and O–H groups in total. The fraction of sp³-hybridized carbons (Fsp3) is 0.269. The molecule has 0 bridgehead atoms. The van der Waals surface area contributed by atoms with Crippen LogP contribution in [0.5, 0.6) is 5.75 Å². The molecule has 0 aliphatic carbocycles. The van der Waals surface area contributed by atoms with Crippen LogP contribution >= 0.6 is 0 Å². The highest BCUT2D eigenvalue weighted by molar-refractivity contribution is 6.06. The molecular weight excluding hydrogens is 420 g/mol. The molecule has 7 heteroatoms. The van der Waals surface area contributed by atoms with Crippen LogP contribution < -0.4 is 15.6 Å². The third kappa shape index (κ3) is 5.88. The van der Waals surface area contributed by atoms with E-state index in [-0.39, 0.29) is 18.7 Å². The van der Waals surface area contributed by atoms with Gasteiger partial charge in [-0.25, -0.2) is 0 Å². The molecule has 2 aromatic carbocycles. The predicted molar refractivity (Wildman–Crippen MR) is 128 cm³/mol. The third-order valence-electron chi connectivity index (χ3n) is 5.20. The van der Waals surface area contributed by atoms with Crippen LogP contribution in [0.2, 0.25) is 0 Å². The number of amides is 1. The van der Waals surface area contributed by atoms with E-state index in [0.717, 1.165) is 11.1 Å². The van der Waals surface area contributed by atoms with Crippen LogP contribution in [0.4, 0.5) is 5.69 Å². The van der Waals surface area contributed by atoms with Crippen molar-refractivity contribution < 1.29 is 19.1 Å².